The zero-order valence-corrected chi connectivity index (χ0v) is 22.5. The lowest BCUT2D eigenvalue weighted by Crippen LogP contribution is -2.48. The van der Waals surface area contributed by atoms with Crippen molar-refractivity contribution in [3.63, 3.8) is 0 Å². The molecule has 1 aliphatic rings. The molecule has 7 nitrogen and oxygen atoms in total. The van der Waals surface area contributed by atoms with Gasteiger partial charge in [-0.05, 0) is 41.8 Å². The molecule has 0 atom stereocenters. The minimum atomic E-state index is -0.468. The summed E-state index contributed by atoms with van der Waals surface area (Å²) in [4.78, 5) is 36.3. The van der Waals surface area contributed by atoms with Gasteiger partial charge in [-0.15, -0.1) is 0 Å². The largest absolute Gasteiger partial charge is 0.446 e. The number of carbonyl (C=O) groups is 3. The molecule has 3 aromatic carbocycles. The molecule has 0 aliphatic carbocycles. The molecule has 1 heterocycles. The number of carbonyl (C=O) groups excluding carboxylic acids is 3. The molecule has 0 radical (unpaired) electrons. The van der Waals surface area contributed by atoms with E-state index in [0.29, 0.717) is 29.6 Å². The molecule has 0 unspecified atom stereocenters. The smallest absolute Gasteiger partial charge is 0.411 e. The van der Waals surface area contributed by atoms with Crippen LogP contribution in [0, 0.1) is 0 Å². The highest BCUT2D eigenvalue weighted by molar-refractivity contribution is 6.33. The van der Waals surface area contributed by atoms with Gasteiger partial charge in [0.2, 0.25) is 5.91 Å². The highest BCUT2D eigenvalue weighted by atomic mass is 35.5. The number of aldehydes is 1. The average molecular weight is 535 g/mol. The van der Waals surface area contributed by atoms with Gasteiger partial charge in [-0.3, -0.25) is 14.9 Å². The van der Waals surface area contributed by atoms with Gasteiger partial charge in [-0.1, -0.05) is 54.1 Å². The minimum Gasteiger partial charge on any atom is -0.446 e. The molecule has 2 N–H and O–H groups in total. The summed E-state index contributed by atoms with van der Waals surface area (Å²) in [7, 11) is 4.37. The first-order chi connectivity index (χ1) is 18.2. The maximum Gasteiger partial charge on any atom is 0.411 e. The molecule has 198 valence electrons. The Balaban J connectivity index is 1.43. The summed E-state index contributed by atoms with van der Waals surface area (Å²) in [6.45, 7) is 1.94. The quantitative estimate of drug-likeness (QED) is 0.267. The second kappa shape index (κ2) is 12.2. The zero-order chi connectivity index (χ0) is 27.1. The lowest BCUT2D eigenvalue weighted by atomic mass is 9.99. The molecule has 0 bridgehead atoms. The van der Waals surface area contributed by atoms with Crippen LogP contribution in [0.15, 0.2) is 66.7 Å². The summed E-state index contributed by atoms with van der Waals surface area (Å²) >= 11 is 6.06. The van der Waals surface area contributed by atoms with Gasteiger partial charge >= 0.3 is 6.09 Å². The van der Waals surface area contributed by atoms with Crippen molar-refractivity contribution in [1.82, 2.24) is 0 Å². The van der Waals surface area contributed by atoms with Crippen molar-refractivity contribution < 1.29 is 23.6 Å². The van der Waals surface area contributed by atoms with Crippen LogP contribution in [0.1, 0.15) is 35.2 Å². The van der Waals surface area contributed by atoms with Crippen LogP contribution in [0.5, 0.6) is 0 Å². The number of amides is 2. The summed E-state index contributed by atoms with van der Waals surface area (Å²) in [6, 6.07) is 20.4. The van der Waals surface area contributed by atoms with Crippen LogP contribution in [-0.2, 0) is 16.0 Å². The van der Waals surface area contributed by atoms with Gasteiger partial charge in [-0.2, -0.15) is 0 Å². The number of nitrogens with one attached hydrogen (secondary N) is 2. The third kappa shape index (κ3) is 7.43. The number of halogens is 1. The van der Waals surface area contributed by atoms with Gasteiger partial charge in [0.15, 0.2) is 6.29 Å². The van der Waals surface area contributed by atoms with Gasteiger partial charge in [0, 0.05) is 36.1 Å². The number of anilines is 2. The number of aryl methyl sites for hydroxylation is 1. The number of ether oxygens (including phenoxy) is 1. The van der Waals surface area contributed by atoms with E-state index in [0.717, 1.165) is 47.1 Å². The molecule has 8 heteroatoms. The number of benzene rings is 3. The standard InChI is InChI=1S/C30H32ClN3O4/c1-34(2)16-14-25(15-17-34)38-30(37)33-28-18-21(8-12-26(28)22-6-4-3-5-7-22)9-13-29(36)32-24-11-10-23(20-35)27(31)19-24/h3-8,10-12,18-20,25H,9,13-17H2,1-2H3,(H-,32,33,35,36,37)/p+1. The van der Waals surface area contributed by atoms with E-state index in [9.17, 15) is 14.4 Å². The highest BCUT2D eigenvalue weighted by Gasteiger charge is 2.28. The zero-order valence-electron chi connectivity index (χ0n) is 21.7. The summed E-state index contributed by atoms with van der Waals surface area (Å²) in [5.41, 5.74) is 4.29. The molecule has 1 aliphatic heterocycles. The SMILES string of the molecule is C[N+]1(C)CCC(OC(=O)Nc2cc(CCC(=O)Nc3ccc(C=O)c(Cl)c3)ccc2-c2ccccc2)CC1. The number of hydrogen-bond donors (Lipinski definition) is 2. The normalized spacial score (nSPS) is 14.9. The number of nitrogens with zero attached hydrogens (tertiary/aromatic N) is 1. The first-order valence-corrected chi connectivity index (χ1v) is 13.1. The Kier molecular flexibility index (Phi) is 8.81. The van der Waals surface area contributed by atoms with Crippen LogP contribution in [0.3, 0.4) is 0 Å². The van der Waals surface area contributed by atoms with E-state index < -0.39 is 6.09 Å². The number of rotatable bonds is 8. The Labute approximate surface area is 228 Å². The van der Waals surface area contributed by atoms with Crippen molar-refractivity contribution in [3.05, 3.63) is 82.9 Å². The topological polar surface area (TPSA) is 84.5 Å². The molecule has 1 fully saturated rings. The Morgan fingerprint density at radius 2 is 1.74 bits per heavy atom. The highest BCUT2D eigenvalue weighted by Crippen LogP contribution is 2.30. The lowest BCUT2D eigenvalue weighted by Gasteiger charge is -2.36. The van der Waals surface area contributed by atoms with Gasteiger partial charge in [0.05, 0.1) is 37.9 Å². The van der Waals surface area contributed by atoms with Crippen LogP contribution < -0.4 is 10.6 Å². The van der Waals surface area contributed by atoms with Crippen molar-refractivity contribution in [2.24, 2.45) is 0 Å². The summed E-state index contributed by atoms with van der Waals surface area (Å²) in [5.74, 6) is -0.181. The third-order valence-corrected chi connectivity index (χ3v) is 7.17. The number of piperidine rings is 1. The maximum absolute atomic E-state index is 12.8. The van der Waals surface area contributed by atoms with Gasteiger partial charge in [-0.25, -0.2) is 4.79 Å². The van der Waals surface area contributed by atoms with Crippen molar-refractivity contribution in [1.29, 1.82) is 0 Å². The first kappa shape index (κ1) is 27.4. The van der Waals surface area contributed by atoms with Gasteiger partial charge in [0.1, 0.15) is 6.10 Å². The molecule has 0 aromatic heterocycles. The van der Waals surface area contributed by atoms with Crippen LogP contribution >= 0.6 is 11.6 Å². The molecule has 4 rings (SSSR count). The molecular weight excluding hydrogens is 502 g/mol. The van der Waals surface area contributed by atoms with Crippen LogP contribution in [0.4, 0.5) is 16.2 Å². The van der Waals surface area contributed by atoms with Crippen LogP contribution in [0.2, 0.25) is 5.02 Å². The van der Waals surface area contributed by atoms with E-state index in [1.165, 1.54) is 0 Å². The monoisotopic (exact) mass is 534 g/mol. The molecule has 2 amide bonds. The third-order valence-electron chi connectivity index (χ3n) is 6.84. The van der Waals surface area contributed by atoms with E-state index >= 15 is 0 Å². The second-order valence-corrected chi connectivity index (χ2v) is 10.7. The molecule has 38 heavy (non-hydrogen) atoms. The fraction of sp³-hybridized carbons (Fsp3) is 0.300. The van der Waals surface area contributed by atoms with Crippen LogP contribution in [0.25, 0.3) is 11.1 Å². The predicted molar refractivity (Wildman–Crippen MR) is 151 cm³/mol. The van der Waals surface area contributed by atoms with Crippen molar-refractivity contribution in [3.8, 4) is 11.1 Å². The Morgan fingerprint density at radius 3 is 2.42 bits per heavy atom. The summed E-state index contributed by atoms with van der Waals surface area (Å²) in [6.07, 6.45) is 2.49. The minimum absolute atomic E-state index is 0.0951. The molecular formula is C30H33ClN3O4+. The Morgan fingerprint density at radius 1 is 1.00 bits per heavy atom. The predicted octanol–water partition coefficient (Wildman–Crippen LogP) is 6.18. The second-order valence-electron chi connectivity index (χ2n) is 10.3. The molecule has 0 spiro atoms. The van der Waals surface area contributed by atoms with E-state index in [1.807, 2.05) is 48.5 Å². The maximum atomic E-state index is 12.8. The Bertz CT molecular complexity index is 1300. The molecule has 0 saturated carbocycles. The van der Waals surface area contributed by atoms with Crippen molar-refractivity contribution in [2.75, 3.05) is 37.8 Å². The van der Waals surface area contributed by atoms with E-state index in [-0.39, 0.29) is 23.5 Å². The van der Waals surface area contributed by atoms with E-state index in [1.54, 1.807) is 18.2 Å². The summed E-state index contributed by atoms with van der Waals surface area (Å²) in [5, 5.41) is 6.05. The fourth-order valence-corrected chi connectivity index (χ4v) is 4.78. The number of hydrogen-bond acceptors (Lipinski definition) is 4. The fourth-order valence-electron chi connectivity index (χ4n) is 4.55. The Hall–Kier alpha value is -3.68. The van der Waals surface area contributed by atoms with Gasteiger partial charge < -0.3 is 14.5 Å². The lowest BCUT2D eigenvalue weighted by molar-refractivity contribution is -0.896. The van der Waals surface area contributed by atoms with E-state index in [4.69, 9.17) is 16.3 Å². The number of likely N-dealkylation sites (tertiary alicyclic amines) is 1. The van der Waals surface area contributed by atoms with E-state index in [2.05, 4.69) is 24.7 Å². The molecule has 1 saturated heterocycles. The molecule has 3 aromatic rings. The first-order valence-electron chi connectivity index (χ1n) is 12.7. The van der Waals surface area contributed by atoms with Crippen molar-refractivity contribution >= 4 is 41.3 Å². The average Bonchev–Trinajstić information content (AvgIpc) is 2.89. The summed E-state index contributed by atoms with van der Waals surface area (Å²) < 4.78 is 6.69. The van der Waals surface area contributed by atoms with Crippen LogP contribution in [-0.4, -0.2) is 56.1 Å². The van der Waals surface area contributed by atoms with Gasteiger partial charge in [0.25, 0.3) is 0 Å². The van der Waals surface area contributed by atoms with Crippen molar-refractivity contribution in [2.45, 2.75) is 31.8 Å². The number of quaternary nitrogens is 1.